The summed E-state index contributed by atoms with van der Waals surface area (Å²) < 4.78 is 0. The second-order valence-electron chi connectivity index (χ2n) is 5.27. The van der Waals surface area contributed by atoms with Crippen molar-refractivity contribution in [1.29, 1.82) is 0 Å². The van der Waals surface area contributed by atoms with Crippen LogP contribution in [0.3, 0.4) is 0 Å². The van der Waals surface area contributed by atoms with Gasteiger partial charge in [0, 0.05) is 12.6 Å². The molecule has 0 atom stereocenters. The van der Waals surface area contributed by atoms with Crippen LogP contribution in [0.25, 0.3) is 0 Å². The van der Waals surface area contributed by atoms with Crippen LogP contribution >= 0.6 is 0 Å². The SMILES string of the molecule is CC(C)N(CC1CC1)c1cc(C(=O)O)ccc1N. The number of aromatic carboxylic acids is 1. The number of anilines is 2. The van der Waals surface area contributed by atoms with Crippen LogP contribution in [0.15, 0.2) is 18.2 Å². The molecule has 1 aliphatic rings. The molecule has 0 amide bonds. The van der Waals surface area contributed by atoms with E-state index in [1.165, 1.54) is 12.8 Å². The number of nitrogens with two attached hydrogens (primary N) is 1. The predicted molar refractivity (Wildman–Crippen MR) is 73.0 cm³/mol. The van der Waals surface area contributed by atoms with Crippen LogP contribution in [0.1, 0.15) is 37.0 Å². The van der Waals surface area contributed by atoms with Crippen molar-refractivity contribution in [2.45, 2.75) is 32.7 Å². The maximum absolute atomic E-state index is 11.0. The molecule has 3 N–H and O–H groups in total. The Bertz CT molecular complexity index is 453. The summed E-state index contributed by atoms with van der Waals surface area (Å²) in [5.41, 5.74) is 7.77. The Balaban J connectivity index is 2.32. The molecular weight excluding hydrogens is 228 g/mol. The lowest BCUT2D eigenvalue weighted by atomic mass is 10.1. The van der Waals surface area contributed by atoms with Crippen LogP contribution in [-0.2, 0) is 0 Å². The Morgan fingerprint density at radius 2 is 2.17 bits per heavy atom. The van der Waals surface area contributed by atoms with Gasteiger partial charge in [-0.25, -0.2) is 4.79 Å². The van der Waals surface area contributed by atoms with Crippen molar-refractivity contribution >= 4 is 17.3 Å². The number of carboxylic acid groups (broad SMARTS) is 1. The Morgan fingerprint density at radius 1 is 1.50 bits per heavy atom. The third kappa shape index (κ3) is 2.75. The number of nitrogen functional groups attached to an aromatic ring is 1. The third-order valence-electron chi connectivity index (χ3n) is 3.36. The number of hydrogen-bond acceptors (Lipinski definition) is 3. The standard InChI is InChI=1S/C14H20N2O2/c1-9(2)16(8-10-3-4-10)13-7-11(14(17)18)5-6-12(13)15/h5-7,9-10H,3-4,8,15H2,1-2H3,(H,17,18). The fourth-order valence-corrected chi connectivity index (χ4v) is 2.09. The first-order valence-electron chi connectivity index (χ1n) is 6.38. The smallest absolute Gasteiger partial charge is 0.335 e. The van der Waals surface area contributed by atoms with E-state index < -0.39 is 5.97 Å². The van der Waals surface area contributed by atoms with E-state index in [1.807, 2.05) is 0 Å². The van der Waals surface area contributed by atoms with Gasteiger partial charge >= 0.3 is 5.97 Å². The lowest BCUT2D eigenvalue weighted by Crippen LogP contribution is -2.33. The van der Waals surface area contributed by atoms with Crippen molar-refractivity contribution in [3.63, 3.8) is 0 Å². The highest BCUT2D eigenvalue weighted by molar-refractivity contribution is 5.90. The molecule has 1 aliphatic carbocycles. The van der Waals surface area contributed by atoms with Gasteiger partial charge in [0.25, 0.3) is 0 Å². The van der Waals surface area contributed by atoms with Gasteiger partial charge in [0.1, 0.15) is 0 Å². The fourth-order valence-electron chi connectivity index (χ4n) is 2.09. The first kappa shape index (κ1) is 12.7. The monoisotopic (exact) mass is 248 g/mol. The molecule has 0 spiro atoms. The Hall–Kier alpha value is -1.71. The summed E-state index contributed by atoms with van der Waals surface area (Å²) in [6.07, 6.45) is 2.53. The molecule has 1 aromatic carbocycles. The Labute approximate surface area is 107 Å². The molecule has 4 nitrogen and oxygen atoms in total. The molecule has 2 rings (SSSR count). The molecule has 4 heteroatoms. The highest BCUT2D eigenvalue weighted by Gasteiger charge is 2.26. The molecule has 0 saturated heterocycles. The van der Waals surface area contributed by atoms with Gasteiger partial charge in [0.05, 0.1) is 16.9 Å². The van der Waals surface area contributed by atoms with E-state index in [-0.39, 0.29) is 0 Å². The topological polar surface area (TPSA) is 66.6 Å². The highest BCUT2D eigenvalue weighted by atomic mass is 16.4. The summed E-state index contributed by atoms with van der Waals surface area (Å²) in [7, 11) is 0. The van der Waals surface area contributed by atoms with E-state index in [0.29, 0.717) is 17.3 Å². The number of hydrogen-bond donors (Lipinski definition) is 2. The molecular formula is C14H20N2O2. The maximum Gasteiger partial charge on any atom is 0.335 e. The predicted octanol–water partition coefficient (Wildman–Crippen LogP) is 2.59. The summed E-state index contributed by atoms with van der Waals surface area (Å²) in [4.78, 5) is 13.2. The summed E-state index contributed by atoms with van der Waals surface area (Å²) in [6, 6.07) is 5.23. The molecule has 98 valence electrons. The minimum atomic E-state index is -0.911. The van der Waals surface area contributed by atoms with Crippen LogP contribution in [0.4, 0.5) is 11.4 Å². The summed E-state index contributed by atoms with van der Waals surface area (Å²) in [5, 5.41) is 9.06. The molecule has 0 heterocycles. The highest BCUT2D eigenvalue weighted by Crippen LogP contribution is 2.34. The average molecular weight is 248 g/mol. The van der Waals surface area contributed by atoms with Gasteiger partial charge in [-0.05, 0) is 50.8 Å². The largest absolute Gasteiger partial charge is 0.478 e. The van der Waals surface area contributed by atoms with Gasteiger partial charge in [-0.1, -0.05) is 0 Å². The van der Waals surface area contributed by atoms with Crippen LogP contribution < -0.4 is 10.6 Å². The lowest BCUT2D eigenvalue weighted by Gasteiger charge is -2.30. The van der Waals surface area contributed by atoms with Crippen LogP contribution in [0, 0.1) is 5.92 Å². The molecule has 0 bridgehead atoms. The molecule has 0 aromatic heterocycles. The van der Waals surface area contributed by atoms with E-state index >= 15 is 0 Å². The van der Waals surface area contributed by atoms with Crippen molar-refractivity contribution in [3.05, 3.63) is 23.8 Å². The Morgan fingerprint density at radius 3 is 2.67 bits per heavy atom. The van der Waals surface area contributed by atoms with Crippen LogP contribution in [0.2, 0.25) is 0 Å². The number of benzene rings is 1. The molecule has 1 fully saturated rings. The van der Waals surface area contributed by atoms with Gasteiger partial charge in [0.2, 0.25) is 0 Å². The molecule has 0 aliphatic heterocycles. The zero-order valence-electron chi connectivity index (χ0n) is 10.9. The van der Waals surface area contributed by atoms with E-state index in [0.717, 1.165) is 18.2 Å². The van der Waals surface area contributed by atoms with E-state index in [4.69, 9.17) is 10.8 Å². The van der Waals surface area contributed by atoms with Crippen molar-refractivity contribution in [1.82, 2.24) is 0 Å². The molecule has 0 radical (unpaired) electrons. The molecule has 18 heavy (non-hydrogen) atoms. The molecule has 0 unspecified atom stereocenters. The second kappa shape index (κ2) is 4.88. The van der Waals surface area contributed by atoms with Gasteiger partial charge in [-0.2, -0.15) is 0 Å². The van der Waals surface area contributed by atoms with E-state index in [1.54, 1.807) is 18.2 Å². The number of carbonyl (C=O) groups is 1. The van der Waals surface area contributed by atoms with Gasteiger partial charge < -0.3 is 15.7 Å². The van der Waals surface area contributed by atoms with Gasteiger partial charge in [-0.15, -0.1) is 0 Å². The van der Waals surface area contributed by atoms with Crippen molar-refractivity contribution in [2.75, 3.05) is 17.2 Å². The lowest BCUT2D eigenvalue weighted by molar-refractivity contribution is 0.0697. The molecule has 1 aromatic rings. The summed E-state index contributed by atoms with van der Waals surface area (Å²) in [6.45, 7) is 5.18. The fraction of sp³-hybridized carbons (Fsp3) is 0.500. The van der Waals surface area contributed by atoms with E-state index in [2.05, 4.69) is 18.7 Å². The first-order valence-corrected chi connectivity index (χ1v) is 6.38. The van der Waals surface area contributed by atoms with Gasteiger partial charge in [-0.3, -0.25) is 0 Å². The zero-order chi connectivity index (χ0) is 13.3. The van der Waals surface area contributed by atoms with Crippen molar-refractivity contribution in [3.8, 4) is 0 Å². The quantitative estimate of drug-likeness (QED) is 0.786. The normalized spacial score (nSPS) is 14.8. The Kier molecular flexibility index (Phi) is 3.45. The summed E-state index contributed by atoms with van der Waals surface area (Å²) in [5.74, 6) is -0.174. The number of nitrogens with zero attached hydrogens (tertiary/aromatic N) is 1. The van der Waals surface area contributed by atoms with Crippen LogP contribution in [0.5, 0.6) is 0 Å². The van der Waals surface area contributed by atoms with Gasteiger partial charge in [0.15, 0.2) is 0 Å². The number of carboxylic acids is 1. The average Bonchev–Trinajstić information content (AvgIpc) is 3.10. The maximum atomic E-state index is 11.0. The van der Waals surface area contributed by atoms with Crippen molar-refractivity contribution < 1.29 is 9.90 Å². The third-order valence-corrected chi connectivity index (χ3v) is 3.36. The van der Waals surface area contributed by atoms with Crippen LogP contribution in [-0.4, -0.2) is 23.7 Å². The van der Waals surface area contributed by atoms with E-state index in [9.17, 15) is 4.79 Å². The first-order chi connectivity index (χ1) is 8.49. The number of rotatable bonds is 5. The minimum Gasteiger partial charge on any atom is -0.478 e. The molecule has 1 saturated carbocycles. The van der Waals surface area contributed by atoms with Crippen molar-refractivity contribution in [2.24, 2.45) is 5.92 Å². The minimum absolute atomic E-state index is 0.292. The summed E-state index contributed by atoms with van der Waals surface area (Å²) >= 11 is 0. The zero-order valence-corrected chi connectivity index (χ0v) is 10.9. The second-order valence-corrected chi connectivity index (χ2v) is 5.27.